The molecular weight excluding hydrogens is 699 g/mol. The van der Waals surface area contributed by atoms with Crippen molar-refractivity contribution in [1.29, 1.82) is 0 Å². The van der Waals surface area contributed by atoms with Crippen molar-refractivity contribution >= 4 is 23.5 Å². The van der Waals surface area contributed by atoms with Crippen LogP contribution in [0.3, 0.4) is 0 Å². The van der Waals surface area contributed by atoms with Gasteiger partial charge in [-0.3, -0.25) is 9.59 Å². The number of allylic oxidation sites excluding steroid dienone is 4. The summed E-state index contributed by atoms with van der Waals surface area (Å²) in [6, 6.07) is 0.336. The maximum absolute atomic E-state index is 14.7. The van der Waals surface area contributed by atoms with E-state index in [-0.39, 0.29) is 96.8 Å². The van der Waals surface area contributed by atoms with Crippen molar-refractivity contribution in [2.24, 2.45) is 35.5 Å². The highest BCUT2D eigenvalue weighted by Crippen LogP contribution is 2.54. The summed E-state index contributed by atoms with van der Waals surface area (Å²) in [4.78, 5) is 30.5. The van der Waals surface area contributed by atoms with Crippen molar-refractivity contribution in [2.45, 2.75) is 140 Å². The Balaban J connectivity index is 1.21. The molecule has 11 nitrogen and oxygen atoms in total. The van der Waals surface area contributed by atoms with Gasteiger partial charge < -0.3 is 42.8 Å². The quantitative estimate of drug-likeness (QED) is 0.209. The Bertz CT molecular complexity index is 1310. The molecule has 0 aromatic carbocycles. The third kappa shape index (κ3) is 8.96. The van der Waals surface area contributed by atoms with E-state index in [2.05, 4.69) is 44.1 Å². The van der Waals surface area contributed by atoms with Crippen LogP contribution in [0.15, 0.2) is 23.8 Å². The van der Waals surface area contributed by atoms with Crippen LogP contribution in [-0.4, -0.2) is 132 Å². The molecule has 53 heavy (non-hydrogen) atoms. The van der Waals surface area contributed by atoms with Gasteiger partial charge >= 0.3 is 5.97 Å². The zero-order valence-electron chi connectivity index (χ0n) is 33.3. The summed E-state index contributed by atoms with van der Waals surface area (Å²) in [7, 11) is 9.15. The standard InChI is InChI=1S/C41H65NO10S/c1-22-34(52-36-16-15-33(42(4)5)23(2)48-36)12-10-11-26(21-53-9)50-35(43)20-31-28-14-13-25-17-27(18-29(25)30(28)19-32(31)37(22)44)51-41-40(47-8)39(46-7)38(45-6)24(3)49-41/h13-14,19,22-31,33-34,36,38-41H,10-12,15-18,20-21H2,1-9H3/t22-,23-,24+,25-,26-,27-,28-,29-,30-,31+,33+,34+,36+,38+,39-,40-,41+/m1/s1. The molecule has 300 valence electrons. The van der Waals surface area contributed by atoms with Gasteiger partial charge in [-0.1, -0.05) is 25.2 Å². The summed E-state index contributed by atoms with van der Waals surface area (Å²) in [6.45, 7) is 6.10. The molecule has 3 aliphatic carbocycles. The first-order valence-electron chi connectivity index (χ1n) is 20.0. The summed E-state index contributed by atoms with van der Waals surface area (Å²) in [5, 5.41) is 0. The van der Waals surface area contributed by atoms with E-state index >= 15 is 0 Å². The van der Waals surface area contributed by atoms with Crippen LogP contribution in [0.2, 0.25) is 0 Å². The number of nitrogens with zero attached hydrogens (tertiary/aromatic N) is 1. The van der Waals surface area contributed by atoms with Crippen LogP contribution in [0, 0.1) is 35.5 Å². The van der Waals surface area contributed by atoms with Gasteiger partial charge in [-0.2, -0.15) is 11.8 Å². The number of ketones is 1. The van der Waals surface area contributed by atoms with Crippen LogP contribution < -0.4 is 0 Å². The normalized spacial score (nSPS) is 45.1. The molecule has 0 unspecified atom stereocenters. The lowest BCUT2D eigenvalue weighted by Gasteiger charge is -2.44. The number of Topliss-reactive ketones (excluding diaryl/α,β-unsaturated/α-hetero) is 1. The molecule has 3 heterocycles. The fraction of sp³-hybridized carbons (Fsp3) is 0.854. The first-order valence-corrected chi connectivity index (χ1v) is 21.4. The molecule has 12 heteroatoms. The van der Waals surface area contributed by atoms with E-state index in [4.69, 9.17) is 37.9 Å². The van der Waals surface area contributed by atoms with Crippen molar-refractivity contribution in [3.8, 4) is 0 Å². The number of methoxy groups -OCH3 is 3. The fourth-order valence-corrected chi connectivity index (χ4v) is 11.0. The van der Waals surface area contributed by atoms with E-state index < -0.39 is 12.4 Å². The molecule has 0 bridgehead atoms. The van der Waals surface area contributed by atoms with Crippen LogP contribution in [-0.2, 0) is 47.5 Å². The summed E-state index contributed by atoms with van der Waals surface area (Å²) >= 11 is 1.69. The van der Waals surface area contributed by atoms with Crippen LogP contribution in [0.4, 0.5) is 0 Å². The molecule has 0 aromatic heterocycles. The summed E-state index contributed by atoms with van der Waals surface area (Å²) < 4.78 is 49.7. The Hall–Kier alpha value is -1.35. The lowest BCUT2D eigenvalue weighted by atomic mass is 9.70. The number of hydrogen-bond acceptors (Lipinski definition) is 12. The zero-order valence-corrected chi connectivity index (χ0v) is 34.2. The first-order chi connectivity index (χ1) is 25.5. The third-order valence-corrected chi connectivity index (χ3v) is 13.9. The highest BCUT2D eigenvalue weighted by atomic mass is 32.2. The number of thioether (sulfide) groups is 1. The van der Waals surface area contributed by atoms with E-state index in [0.717, 1.165) is 49.9 Å². The van der Waals surface area contributed by atoms with Gasteiger partial charge in [0.15, 0.2) is 18.4 Å². The third-order valence-electron chi connectivity index (χ3n) is 13.1. The average molecular weight is 764 g/mol. The van der Waals surface area contributed by atoms with Gasteiger partial charge in [0, 0.05) is 45.0 Å². The average Bonchev–Trinajstić information content (AvgIpc) is 3.70. The molecule has 3 aliphatic heterocycles. The molecule has 1 saturated carbocycles. The highest BCUT2D eigenvalue weighted by molar-refractivity contribution is 7.98. The number of ether oxygens (including phenoxy) is 8. The predicted molar refractivity (Wildman–Crippen MR) is 202 cm³/mol. The van der Waals surface area contributed by atoms with Crippen molar-refractivity contribution in [2.75, 3.05) is 47.4 Å². The topological polar surface area (TPSA) is 111 Å². The lowest BCUT2D eigenvalue weighted by molar-refractivity contribution is -0.314. The number of carbonyl (C=O) groups is 2. The second-order valence-corrected chi connectivity index (χ2v) is 17.5. The number of fused-ring (bicyclic) bond motifs is 5. The van der Waals surface area contributed by atoms with Crippen molar-refractivity contribution < 1.29 is 47.5 Å². The number of rotatable bonds is 10. The Morgan fingerprint density at radius 3 is 2.28 bits per heavy atom. The maximum Gasteiger partial charge on any atom is 0.306 e. The smallest absolute Gasteiger partial charge is 0.306 e. The van der Waals surface area contributed by atoms with Gasteiger partial charge in [-0.15, -0.1) is 0 Å². The van der Waals surface area contributed by atoms with E-state index in [1.807, 2.05) is 20.1 Å². The summed E-state index contributed by atoms with van der Waals surface area (Å²) in [5.41, 5.74) is 0.762. The van der Waals surface area contributed by atoms with Crippen molar-refractivity contribution in [3.63, 3.8) is 0 Å². The first kappa shape index (κ1) is 41.3. The molecule has 0 amide bonds. The predicted octanol–water partition coefficient (Wildman–Crippen LogP) is 5.44. The van der Waals surface area contributed by atoms with Gasteiger partial charge in [0.1, 0.15) is 24.4 Å². The van der Waals surface area contributed by atoms with E-state index in [9.17, 15) is 9.59 Å². The molecule has 0 spiro atoms. The van der Waals surface area contributed by atoms with Gasteiger partial charge in [-0.25, -0.2) is 0 Å². The second kappa shape index (κ2) is 18.3. The SMILES string of the molecule is CO[C@@H]1[C@@H](OC)[C@H](C)O[C@@H](O[C@H]2C[C@H]3[C@@H]4C=C5C(=O)[C@H](C)[C@@H](O[C@H]6CC[C@H](N(C)C)[C@@H](C)O6)CCC[C@H](CSC)OC(=O)C[C@H]5[C@@H]4C=C[C@@H]3C2)[C@@H]1OC. The van der Waals surface area contributed by atoms with Crippen molar-refractivity contribution in [3.05, 3.63) is 23.8 Å². The monoisotopic (exact) mass is 763 g/mol. The molecule has 6 rings (SSSR count). The number of hydrogen-bond donors (Lipinski definition) is 0. The Labute approximate surface area is 321 Å². The van der Waals surface area contributed by atoms with Crippen LogP contribution >= 0.6 is 11.8 Å². The molecule has 0 N–H and O–H groups in total. The van der Waals surface area contributed by atoms with Crippen LogP contribution in [0.1, 0.15) is 72.1 Å². The molecule has 0 radical (unpaired) electrons. The molecule has 0 aromatic rings. The van der Waals surface area contributed by atoms with Crippen LogP contribution in [0.5, 0.6) is 0 Å². The minimum absolute atomic E-state index is 0.0347. The number of carbonyl (C=O) groups excluding carboxylic acids is 2. The molecule has 17 atom stereocenters. The number of likely N-dealkylation sites (N-methyl/N-ethyl adjacent to an activating group) is 1. The molecule has 4 fully saturated rings. The van der Waals surface area contributed by atoms with E-state index in [0.29, 0.717) is 18.4 Å². The fourth-order valence-electron chi connectivity index (χ4n) is 10.4. The Morgan fingerprint density at radius 1 is 0.849 bits per heavy atom. The highest BCUT2D eigenvalue weighted by Gasteiger charge is 2.52. The molecule has 6 aliphatic rings. The van der Waals surface area contributed by atoms with E-state index in [1.165, 1.54) is 0 Å². The molecule has 3 saturated heterocycles. The van der Waals surface area contributed by atoms with Gasteiger partial charge in [-0.05, 0) is 108 Å². The second-order valence-electron chi connectivity index (χ2n) is 16.5. The summed E-state index contributed by atoms with van der Waals surface area (Å²) in [5.74, 6) is 0.732. The number of esters is 1. The van der Waals surface area contributed by atoms with Crippen LogP contribution in [0.25, 0.3) is 0 Å². The Morgan fingerprint density at radius 2 is 1.60 bits per heavy atom. The Kier molecular flexibility index (Phi) is 14.2. The summed E-state index contributed by atoms with van der Waals surface area (Å²) in [6.07, 6.45) is 12.0. The zero-order chi connectivity index (χ0) is 38.0. The van der Waals surface area contributed by atoms with Gasteiger partial charge in [0.25, 0.3) is 0 Å². The largest absolute Gasteiger partial charge is 0.461 e. The molecular formula is C41H65NO10S. The van der Waals surface area contributed by atoms with E-state index in [1.54, 1.807) is 33.1 Å². The van der Waals surface area contributed by atoms with Gasteiger partial charge in [0.2, 0.25) is 0 Å². The van der Waals surface area contributed by atoms with Gasteiger partial charge in [0.05, 0.1) is 30.8 Å². The van der Waals surface area contributed by atoms with Crippen molar-refractivity contribution in [1.82, 2.24) is 4.90 Å². The number of cyclic esters (lactones) is 1. The minimum atomic E-state index is -0.596. The lowest BCUT2D eigenvalue weighted by Crippen LogP contribution is -2.59. The minimum Gasteiger partial charge on any atom is -0.461 e. The maximum atomic E-state index is 14.7.